The van der Waals surface area contributed by atoms with Gasteiger partial charge < -0.3 is 5.32 Å². The molecule has 0 atom stereocenters. The summed E-state index contributed by atoms with van der Waals surface area (Å²) in [5.41, 5.74) is 7.14. The Bertz CT molecular complexity index is 1560. The zero-order valence-corrected chi connectivity index (χ0v) is 18.2. The fourth-order valence-corrected chi connectivity index (χ4v) is 4.55. The molecule has 6 rings (SSSR count). The van der Waals surface area contributed by atoms with E-state index in [2.05, 4.69) is 139 Å². The molecule has 6 aromatic rings. The number of hydrogen-bond donors (Lipinski definition) is 1. The van der Waals surface area contributed by atoms with Crippen LogP contribution in [0, 0.1) is 0 Å². The Labute approximate surface area is 194 Å². The van der Waals surface area contributed by atoms with Crippen LogP contribution in [0.1, 0.15) is 0 Å². The lowest BCUT2D eigenvalue weighted by Gasteiger charge is -2.14. The minimum absolute atomic E-state index is 1.08. The average Bonchev–Trinajstić information content (AvgIpc) is 2.89. The molecule has 33 heavy (non-hydrogen) atoms. The minimum Gasteiger partial charge on any atom is -0.355 e. The first-order valence-corrected chi connectivity index (χ1v) is 11.3. The van der Waals surface area contributed by atoms with Gasteiger partial charge in [-0.1, -0.05) is 109 Å². The summed E-state index contributed by atoms with van der Waals surface area (Å²) in [6.07, 6.45) is 0. The van der Waals surface area contributed by atoms with Crippen LogP contribution in [0.2, 0.25) is 0 Å². The molecule has 0 amide bonds. The molecule has 0 aliphatic rings. The van der Waals surface area contributed by atoms with Crippen molar-refractivity contribution in [1.29, 1.82) is 0 Å². The maximum atomic E-state index is 3.63. The summed E-state index contributed by atoms with van der Waals surface area (Å²) in [7, 11) is 0. The van der Waals surface area contributed by atoms with E-state index < -0.39 is 0 Å². The number of hydrogen-bond acceptors (Lipinski definition) is 1. The van der Waals surface area contributed by atoms with E-state index >= 15 is 0 Å². The summed E-state index contributed by atoms with van der Waals surface area (Å²) in [4.78, 5) is 0. The Hall–Kier alpha value is -4.36. The second-order valence-electron chi connectivity index (χ2n) is 8.34. The van der Waals surface area contributed by atoms with Crippen LogP contribution >= 0.6 is 0 Å². The van der Waals surface area contributed by atoms with Crippen molar-refractivity contribution in [3.63, 3.8) is 0 Å². The fraction of sp³-hybridized carbons (Fsp3) is 0. The number of rotatable bonds is 4. The van der Waals surface area contributed by atoms with Crippen LogP contribution in [-0.2, 0) is 0 Å². The van der Waals surface area contributed by atoms with E-state index in [1.807, 2.05) is 0 Å². The van der Waals surface area contributed by atoms with Gasteiger partial charge in [0.05, 0.1) is 0 Å². The first-order valence-electron chi connectivity index (χ1n) is 11.3. The predicted octanol–water partition coefficient (Wildman–Crippen LogP) is 9.07. The topological polar surface area (TPSA) is 12.0 Å². The summed E-state index contributed by atoms with van der Waals surface area (Å²) in [5.74, 6) is 0. The van der Waals surface area contributed by atoms with Crippen molar-refractivity contribution in [2.24, 2.45) is 0 Å². The average molecular weight is 422 g/mol. The third-order valence-electron chi connectivity index (χ3n) is 6.26. The molecule has 0 aliphatic heterocycles. The van der Waals surface area contributed by atoms with Gasteiger partial charge in [-0.05, 0) is 62.7 Å². The Balaban J connectivity index is 1.32. The molecule has 0 bridgehead atoms. The van der Waals surface area contributed by atoms with E-state index in [4.69, 9.17) is 0 Å². The molecule has 156 valence electrons. The normalized spacial score (nSPS) is 11.0. The molecule has 0 spiro atoms. The zero-order valence-electron chi connectivity index (χ0n) is 18.2. The first kappa shape index (κ1) is 19.3. The lowest BCUT2D eigenvalue weighted by atomic mass is 9.97. The molecule has 0 heterocycles. The van der Waals surface area contributed by atoms with E-state index in [0.29, 0.717) is 0 Å². The number of benzene rings is 6. The maximum Gasteiger partial charge on any atom is 0.0464 e. The summed E-state index contributed by atoms with van der Waals surface area (Å²) < 4.78 is 0. The van der Waals surface area contributed by atoms with E-state index in [0.717, 1.165) is 11.4 Å². The first-order chi connectivity index (χ1) is 16.3. The van der Waals surface area contributed by atoms with Crippen LogP contribution in [0.3, 0.4) is 0 Å². The molecule has 0 aromatic heterocycles. The maximum absolute atomic E-state index is 3.63. The highest BCUT2D eigenvalue weighted by Crippen LogP contribution is 2.35. The van der Waals surface area contributed by atoms with Crippen LogP contribution < -0.4 is 5.32 Å². The highest BCUT2D eigenvalue weighted by atomic mass is 14.9. The van der Waals surface area contributed by atoms with Gasteiger partial charge in [-0.3, -0.25) is 0 Å². The molecule has 0 saturated carbocycles. The summed E-state index contributed by atoms with van der Waals surface area (Å²) >= 11 is 0. The Morgan fingerprint density at radius 3 is 1.88 bits per heavy atom. The van der Waals surface area contributed by atoms with Crippen LogP contribution in [0.5, 0.6) is 0 Å². The van der Waals surface area contributed by atoms with Crippen molar-refractivity contribution in [2.75, 3.05) is 5.32 Å². The van der Waals surface area contributed by atoms with Crippen LogP contribution in [0.25, 0.3) is 43.8 Å². The molecule has 0 unspecified atom stereocenters. The lowest BCUT2D eigenvalue weighted by Crippen LogP contribution is -1.93. The van der Waals surface area contributed by atoms with E-state index in [1.165, 1.54) is 43.8 Å². The Morgan fingerprint density at radius 1 is 0.394 bits per heavy atom. The highest BCUT2D eigenvalue weighted by Gasteiger charge is 2.08. The van der Waals surface area contributed by atoms with Crippen molar-refractivity contribution in [1.82, 2.24) is 0 Å². The smallest absolute Gasteiger partial charge is 0.0464 e. The van der Waals surface area contributed by atoms with Gasteiger partial charge in [-0.15, -0.1) is 0 Å². The number of nitrogens with one attached hydrogen (secondary N) is 1. The standard InChI is InChI=1S/C32H23N/c1-2-9-25(10-3-1)29-20-21-32(31-13-7-6-12-30(29)31)33-28-18-16-24(17-19-28)27-15-14-23-8-4-5-11-26(23)22-27/h1-22,33H. The third kappa shape index (κ3) is 3.75. The molecule has 0 saturated heterocycles. The van der Waals surface area contributed by atoms with Gasteiger partial charge in [0.2, 0.25) is 0 Å². The monoisotopic (exact) mass is 421 g/mol. The molecule has 0 radical (unpaired) electrons. The minimum atomic E-state index is 1.08. The molecule has 1 heteroatoms. The van der Waals surface area contributed by atoms with Crippen molar-refractivity contribution >= 4 is 32.9 Å². The predicted molar refractivity (Wildman–Crippen MR) is 142 cm³/mol. The van der Waals surface area contributed by atoms with Gasteiger partial charge in [0.1, 0.15) is 0 Å². The molecule has 0 fully saturated rings. The SMILES string of the molecule is c1ccc(-c2ccc(Nc3ccc(-c4ccc5ccccc5c4)cc3)c3ccccc23)cc1. The summed E-state index contributed by atoms with van der Waals surface area (Å²) in [6, 6.07) is 47.4. The van der Waals surface area contributed by atoms with E-state index in [1.54, 1.807) is 0 Å². The van der Waals surface area contributed by atoms with Gasteiger partial charge in [0.25, 0.3) is 0 Å². The van der Waals surface area contributed by atoms with Crippen LogP contribution in [-0.4, -0.2) is 0 Å². The molecule has 0 aliphatic carbocycles. The molecule has 1 nitrogen and oxygen atoms in total. The van der Waals surface area contributed by atoms with Crippen LogP contribution in [0.4, 0.5) is 11.4 Å². The van der Waals surface area contributed by atoms with E-state index in [9.17, 15) is 0 Å². The van der Waals surface area contributed by atoms with Crippen molar-refractivity contribution in [3.05, 3.63) is 133 Å². The van der Waals surface area contributed by atoms with Gasteiger partial charge in [0.15, 0.2) is 0 Å². The lowest BCUT2D eigenvalue weighted by molar-refractivity contribution is 1.56. The molecular formula is C32H23N. The van der Waals surface area contributed by atoms with Crippen molar-refractivity contribution in [3.8, 4) is 22.3 Å². The summed E-state index contributed by atoms with van der Waals surface area (Å²) in [5, 5.41) is 8.64. The van der Waals surface area contributed by atoms with Crippen LogP contribution in [0.15, 0.2) is 133 Å². The van der Waals surface area contributed by atoms with Gasteiger partial charge in [-0.25, -0.2) is 0 Å². The molecule has 1 N–H and O–H groups in total. The second-order valence-corrected chi connectivity index (χ2v) is 8.34. The second kappa shape index (κ2) is 8.29. The largest absolute Gasteiger partial charge is 0.355 e. The Morgan fingerprint density at radius 2 is 1.06 bits per heavy atom. The zero-order chi connectivity index (χ0) is 22.0. The highest BCUT2D eigenvalue weighted by molar-refractivity contribution is 6.04. The van der Waals surface area contributed by atoms with Gasteiger partial charge >= 0.3 is 0 Å². The number of anilines is 2. The molecular weight excluding hydrogens is 398 g/mol. The van der Waals surface area contributed by atoms with Gasteiger partial charge in [-0.2, -0.15) is 0 Å². The van der Waals surface area contributed by atoms with Gasteiger partial charge in [0, 0.05) is 16.8 Å². The molecule has 6 aromatic carbocycles. The number of fused-ring (bicyclic) bond motifs is 2. The summed E-state index contributed by atoms with van der Waals surface area (Å²) in [6.45, 7) is 0. The van der Waals surface area contributed by atoms with E-state index in [-0.39, 0.29) is 0 Å². The Kier molecular flexibility index (Phi) is 4.86. The van der Waals surface area contributed by atoms with Crippen molar-refractivity contribution < 1.29 is 0 Å². The fourth-order valence-electron chi connectivity index (χ4n) is 4.55. The quantitative estimate of drug-likeness (QED) is 0.299. The third-order valence-corrected chi connectivity index (χ3v) is 6.26. The van der Waals surface area contributed by atoms with Crippen molar-refractivity contribution in [2.45, 2.75) is 0 Å².